The van der Waals surface area contributed by atoms with Gasteiger partial charge in [-0.25, -0.2) is 0 Å². The zero-order chi connectivity index (χ0) is 9.19. The second kappa shape index (κ2) is 3.10. The first-order valence-electron chi connectivity index (χ1n) is 3.55. The van der Waals surface area contributed by atoms with Crippen LogP contribution in [0.4, 0.5) is 0 Å². The van der Waals surface area contributed by atoms with Crippen LogP contribution in [0, 0.1) is 5.41 Å². The lowest BCUT2D eigenvalue weighted by Crippen LogP contribution is -2.63. The number of esters is 2. The van der Waals surface area contributed by atoms with Crippen molar-refractivity contribution in [2.45, 2.75) is 0 Å². The molecular formula is C7H11NO4. The van der Waals surface area contributed by atoms with E-state index in [1.165, 1.54) is 14.2 Å². The molecule has 12 heavy (non-hydrogen) atoms. The molecule has 1 fully saturated rings. The van der Waals surface area contributed by atoms with Gasteiger partial charge in [0.25, 0.3) is 0 Å². The SMILES string of the molecule is COC(=O)C1(C(=O)OC)CNC1. The maximum absolute atomic E-state index is 11.2. The molecule has 0 spiro atoms. The van der Waals surface area contributed by atoms with E-state index >= 15 is 0 Å². The second-order valence-corrected chi connectivity index (χ2v) is 2.67. The van der Waals surface area contributed by atoms with Crippen LogP contribution in [-0.2, 0) is 19.1 Å². The van der Waals surface area contributed by atoms with Gasteiger partial charge in [0.2, 0.25) is 0 Å². The summed E-state index contributed by atoms with van der Waals surface area (Å²) < 4.78 is 9.00. The van der Waals surface area contributed by atoms with Crippen LogP contribution in [-0.4, -0.2) is 39.2 Å². The first-order valence-corrected chi connectivity index (χ1v) is 3.55. The zero-order valence-electron chi connectivity index (χ0n) is 7.05. The molecule has 1 aliphatic heterocycles. The first kappa shape index (κ1) is 8.99. The second-order valence-electron chi connectivity index (χ2n) is 2.67. The minimum atomic E-state index is -1.09. The van der Waals surface area contributed by atoms with E-state index in [0.29, 0.717) is 13.1 Å². The molecule has 0 radical (unpaired) electrons. The van der Waals surface area contributed by atoms with Crippen LogP contribution in [0.25, 0.3) is 0 Å². The predicted molar refractivity (Wildman–Crippen MR) is 39.3 cm³/mol. The lowest BCUT2D eigenvalue weighted by Gasteiger charge is -2.36. The van der Waals surface area contributed by atoms with Crippen molar-refractivity contribution in [2.75, 3.05) is 27.3 Å². The highest BCUT2D eigenvalue weighted by Gasteiger charge is 2.53. The number of hydrogen-bond acceptors (Lipinski definition) is 5. The molecule has 5 nitrogen and oxygen atoms in total. The van der Waals surface area contributed by atoms with Gasteiger partial charge in [0.1, 0.15) is 0 Å². The van der Waals surface area contributed by atoms with Crippen molar-refractivity contribution in [3.63, 3.8) is 0 Å². The summed E-state index contributed by atoms with van der Waals surface area (Å²) in [4.78, 5) is 22.3. The third kappa shape index (κ3) is 1.06. The molecule has 1 saturated heterocycles. The van der Waals surface area contributed by atoms with Crippen LogP contribution < -0.4 is 5.32 Å². The van der Waals surface area contributed by atoms with E-state index in [-0.39, 0.29) is 0 Å². The van der Waals surface area contributed by atoms with E-state index in [1.807, 2.05) is 0 Å². The normalized spacial score (nSPS) is 19.2. The fourth-order valence-electron chi connectivity index (χ4n) is 1.14. The molecule has 0 unspecified atom stereocenters. The molecule has 0 aliphatic carbocycles. The summed E-state index contributed by atoms with van der Waals surface area (Å²) >= 11 is 0. The van der Waals surface area contributed by atoms with Crippen LogP contribution in [0.15, 0.2) is 0 Å². The Kier molecular flexibility index (Phi) is 2.32. The van der Waals surface area contributed by atoms with Crippen molar-refractivity contribution < 1.29 is 19.1 Å². The fraction of sp³-hybridized carbons (Fsp3) is 0.714. The average molecular weight is 173 g/mol. The monoisotopic (exact) mass is 173 g/mol. The quantitative estimate of drug-likeness (QED) is 0.425. The maximum Gasteiger partial charge on any atom is 0.325 e. The van der Waals surface area contributed by atoms with Crippen LogP contribution in [0.5, 0.6) is 0 Å². The van der Waals surface area contributed by atoms with Gasteiger partial charge in [0.15, 0.2) is 5.41 Å². The number of ether oxygens (including phenoxy) is 2. The average Bonchev–Trinajstić information content (AvgIpc) is 2.01. The minimum absolute atomic E-state index is 0.298. The summed E-state index contributed by atoms with van der Waals surface area (Å²) in [6.45, 7) is 0.596. The number of carbonyl (C=O) groups is 2. The van der Waals surface area contributed by atoms with E-state index in [1.54, 1.807) is 0 Å². The third-order valence-corrected chi connectivity index (χ3v) is 2.01. The topological polar surface area (TPSA) is 64.6 Å². The van der Waals surface area contributed by atoms with E-state index in [0.717, 1.165) is 0 Å². The molecule has 0 amide bonds. The lowest BCUT2D eigenvalue weighted by molar-refractivity contribution is -0.173. The van der Waals surface area contributed by atoms with Crippen molar-refractivity contribution in [3.8, 4) is 0 Å². The number of rotatable bonds is 2. The van der Waals surface area contributed by atoms with Crippen molar-refractivity contribution in [1.29, 1.82) is 0 Å². The largest absolute Gasteiger partial charge is 0.468 e. The summed E-state index contributed by atoms with van der Waals surface area (Å²) in [7, 11) is 2.51. The molecular weight excluding hydrogens is 162 g/mol. The number of nitrogens with one attached hydrogen (secondary N) is 1. The van der Waals surface area contributed by atoms with E-state index in [9.17, 15) is 9.59 Å². The van der Waals surface area contributed by atoms with Gasteiger partial charge >= 0.3 is 11.9 Å². The molecule has 0 atom stereocenters. The molecule has 68 valence electrons. The summed E-state index contributed by atoms with van der Waals surface area (Å²) in [5, 5.41) is 2.83. The standard InChI is InChI=1S/C7H11NO4/c1-11-5(9)7(3-8-4-7)6(10)12-2/h8H,3-4H2,1-2H3. The minimum Gasteiger partial charge on any atom is -0.468 e. The Bertz CT molecular complexity index is 191. The maximum atomic E-state index is 11.2. The van der Waals surface area contributed by atoms with Gasteiger partial charge in [-0.2, -0.15) is 0 Å². The van der Waals surface area contributed by atoms with Crippen molar-refractivity contribution >= 4 is 11.9 Å². The Morgan fingerprint density at radius 1 is 1.17 bits per heavy atom. The third-order valence-electron chi connectivity index (χ3n) is 2.01. The van der Waals surface area contributed by atoms with Crippen molar-refractivity contribution in [2.24, 2.45) is 5.41 Å². The van der Waals surface area contributed by atoms with Crippen LogP contribution in [0.3, 0.4) is 0 Å². The van der Waals surface area contributed by atoms with Crippen molar-refractivity contribution in [1.82, 2.24) is 5.32 Å². The van der Waals surface area contributed by atoms with E-state index in [4.69, 9.17) is 0 Å². The molecule has 5 heteroatoms. The molecule has 0 bridgehead atoms. The smallest absolute Gasteiger partial charge is 0.325 e. The number of hydrogen-bond donors (Lipinski definition) is 1. The van der Waals surface area contributed by atoms with Crippen LogP contribution >= 0.6 is 0 Å². The zero-order valence-corrected chi connectivity index (χ0v) is 7.05. The Morgan fingerprint density at radius 2 is 1.58 bits per heavy atom. The molecule has 1 aliphatic rings. The van der Waals surface area contributed by atoms with E-state index < -0.39 is 17.4 Å². The first-order chi connectivity index (χ1) is 5.67. The molecule has 0 aromatic rings. The lowest BCUT2D eigenvalue weighted by atomic mass is 9.82. The number of carbonyl (C=O) groups excluding carboxylic acids is 2. The van der Waals surface area contributed by atoms with Gasteiger partial charge in [-0.1, -0.05) is 0 Å². The molecule has 1 rings (SSSR count). The molecule has 1 N–H and O–H groups in total. The summed E-state index contributed by atoms with van der Waals surface area (Å²) in [6, 6.07) is 0. The highest BCUT2D eigenvalue weighted by Crippen LogP contribution is 2.25. The van der Waals surface area contributed by atoms with Crippen LogP contribution in [0.1, 0.15) is 0 Å². The molecule has 0 saturated carbocycles. The van der Waals surface area contributed by atoms with Gasteiger partial charge in [-0.3, -0.25) is 9.59 Å². The molecule has 1 heterocycles. The predicted octanol–water partition coefficient (Wildman–Crippen LogP) is -1.08. The van der Waals surface area contributed by atoms with Crippen molar-refractivity contribution in [3.05, 3.63) is 0 Å². The summed E-state index contributed by atoms with van der Waals surface area (Å²) in [5.74, 6) is -1.07. The van der Waals surface area contributed by atoms with Gasteiger partial charge in [-0.05, 0) is 0 Å². The van der Waals surface area contributed by atoms with Gasteiger partial charge in [0, 0.05) is 13.1 Å². The Hall–Kier alpha value is -1.10. The van der Waals surface area contributed by atoms with Crippen LogP contribution in [0.2, 0.25) is 0 Å². The fourth-order valence-corrected chi connectivity index (χ4v) is 1.14. The highest BCUT2D eigenvalue weighted by atomic mass is 16.5. The molecule has 0 aromatic carbocycles. The number of methoxy groups -OCH3 is 2. The Balaban J connectivity index is 2.75. The highest BCUT2D eigenvalue weighted by molar-refractivity contribution is 6.01. The van der Waals surface area contributed by atoms with Gasteiger partial charge in [-0.15, -0.1) is 0 Å². The summed E-state index contributed by atoms with van der Waals surface area (Å²) in [6.07, 6.45) is 0. The van der Waals surface area contributed by atoms with Gasteiger partial charge < -0.3 is 14.8 Å². The van der Waals surface area contributed by atoms with E-state index in [2.05, 4.69) is 14.8 Å². The van der Waals surface area contributed by atoms with Gasteiger partial charge in [0.05, 0.1) is 14.2 Å². The summed E-state index contributed by atoms with van der Waals surface area (Å²) in [5.41, 5.74) is -1.09. The Labute approximate surface area is 70.0 Å². The molecule has 0 aromatic heterocycles. The Morgan fingerprint density at radius 3 is 1.75 bits per heavy atom.